The van der Waals surface area contributed by atoms with Crippen molar-refractivity contribution in [2.45, 2.75) is 13.3 Å². The van der Waals surface area contributed by atoms with Gasteiger partial charge in [0.25, 0.3) is 11.5 Å². The first-order valence-electron chi connectivity index (χ1n) is 5.83. The summed E-state index contributed by atoms with van der Waals surface area (Å²) >= 11 is 0. The zero-order valence-electron chi connectivity index (χ0n) is 10.1. The second kappa shape index (κ2) is 4.91. The maximum absolute atomic E-state index is 11.9. The van der Waals surface area contributed by atoms with E-state index in [2.05, 4.69) is 10.3 Å². The topological polar surface area (TPSA) is 88.0 Å². The maximum atomic E-state index is 11.9. The molecule has 1 heterocycles. The van der Waals surface area contributed by atoms with Gasteiger partial charge in [0.2, 0.25) is 0 Å². The lowest BCUT2D eigenvalue weighted by Gasteiger charge is -2.08. The fourth-order valence-corrected chi connectivity index (χ4v) is 1.82. The van der Waals surface area contributed by atoms with E-state index in [1.165, 1.54) is 0 Å². The number of fused-ring (bicyclic) bond motifs is 1. The first-order chi connectivity index (χ1) is 8.65. The molecule has 5 heteroatoms. The third-order valence-electron chi connectivity index (χ3n) is 2.72. The van der Waals surface area contributed by atoms with Crippen molar-refractivity contribution in [1.82, 2.24) is 10.3 Å². The van der Waals surface area contributed by atoms with Crippen LogP contribution < -0.4 is 16.6 Å². The van der Waals surface area contributed by atoms with Crippen LogP contribution in [-0.2, 0) is 0 Å². The van der Waals surface area contributed by atoms with E-state index in [0.717, 1.165) is 6.42 Å². The Balaban J connectivity index is 2.57. The molecule has 1 aromatic heterocycles. The zero-order valence-corrected chi connectivity index (χ0v) is 10.1. The molecule has 0 aliphatic carbocycles. The quantitative estimate of drug-likeness (QED) is 0.760. The lowest BCUT2D eigenvalue weighted by molar-refractivity contribution is 0.0953. The minimum Gasteiger partial charge on any atom is -0.397 e. The number of benzene rings is 1. The van der Waals surface area contributed by atoms with Gasteiger partial charge in [0.15, 0.2) is 0 Å². The lowest BCUT2D eigenvalue weighted by atomic mass is 10.1. The Hall–Kier alpha value is -2.30. The van der Waals surface area contributed by atoms with Crippen LogP contribution >= 0.6 is 0 Å². The van der Waals surface area contributed by atoms with E-state index in [1.807, 2.05) is 13.0 Å². The Labute approximate surface area is 104 Å². The highest BCUT2D eigenvalue weighted by molar-refractivity contribution is 6.06. The van der Waals surface area contributed by atoms with Crippen molar-refractivity contribution in [2.75, 3.05) is 12.3 Å². The van der Waals surface area contributed by atoms with Gasteiger partial charge in [-0.25, -0.2) is 0 Å². The van der Waals surface area contributed by atoms with Crippen LogP contribution in [-0.4, -0.2) is 17.4 Å². The van der Waals surface area contributed by atoms with E-state index in [-0.39, 0.29) is 11.3 Å². The Morgan fingerprint density at radius 2 is 2.11 bits per heavy atom. The molecule has 4 N–H and O–H groups in total. The zero-order chi connectivity index (χ0) is 13.1. The van der Waals surface area contributed by atoms with Crippen molar-refractivity contribution in [2.24, 2.45) is 0 Å². The smallest absolute Gasteiger partial charge is 0.263 e. The number of aromatic amines is 1. The third-order valence-corrected chi connectivity index (χ3v) is 2.72. The van der Waals surface area contributed by atoms with Crippen LogP contribution in [0.5, 0.6) is 0 Å². The van der Waals surface area contributed by atoms with Gasteiger partial charge in [-0.2, -0.15) is 0 Å². The van der Waals surface area contributed by atoms with E-state index in [4.69, 9.17) is 5.73 Å². The Bertz CT molecular complexity index is 646. The predicted octanol–water partition coefficient (Wildman–Crippen LogP) is 1.25. The average molecular weight is 245 g/mol. The van der Waals surface area contributed by atoms with Crippen LogP contribution in [0.25, 0.3) is 10.9 Å². The molecule has 0 aliphatic rings. The summed E-state index contributed by atoms with van der Waals surface area (Å²) in [5.41, 5.74) is 6.30. The summed E-state index contributed by atoms with van der Waals surface area (Å²) in [4.78, 5) is 26.4. The van der Waals surface area contributed by atoms with Crippen molar-refractivity contribution < 1.29 is 4.79 Å². The van der Waals surface area contributed by atoms with Crippen molar-refractivity contribution in [1.29, 1.82) is 0 Å². The number of aromatic nitrogens is 1. The molecule has 1 amide bonds. The molecule has 18 heavy (non-hydrogen) atoms. The first kappa shape index (κ1) is 12.2. The fourth-order valence-electron chi connectivity index (χ4n) is 1.82. The molecular weight excluding hydrogens is 230 g/mol. The van der Waals surface area contributed by atoms with E-state index in [1.54, 1.807) is 18.2 Å². The summed E-state index contributed by atoms with van der Waals surface area (Å²) in [7, 11) is 0. The van der Waals surface area contributed by atoms with Crippen LogP contribution in [0.2, 0.25) is 0 Å². The third kappa shape index (κ3) is 2.07. The van der Waals surface area contributed by atoms with Crippen molar-refractivity contribution >= 4 is 22.5 Å². The van der Waals surface area contributed by atoms with Gasteiger partial charge in [0.05, 0.1) is 11.2 Å². The summed E-state index contributed by atoms with van der Waals surface area (Å²) in [6.45, 7) is 2.46. The molecule has 0 saturated carbocycles. The second-order valence-corrected chi connectivity index (χ2v) is 4.04. The number of nitrogen functional groups attached to an aromatic ring is 1. The predicted molar refractivity (Wildman–Crippen MR) is 71.6 cm³/mol. The summed E-state index contributed by atoms with van der Waals surface area (Å²) in [6, 6.07) is 7.14. The summed E-state index contributed by atoms with van der Waals surface area (Å²) in [5, 5.41) is 3.34. The molecule has 0 atom stereocenters. The standard InChI is InChI=1S/C13H15N3O2/c1-2-7-15-12(17)10-11(14)8-5-3-4-6-9(8)16-13(10)18/h3-6H,2,7H2,1H3,(H,15,17)(H3,14,16,18). The van der Waals surface area contributed by atoms with Gasteiger partial charge >= 0.3 is 0 Å². The molecule has 0 radical (unpaired) electrons. The summed E-state index contributed by atoms with van der Waals surface area (Å²) < 4.78 is 0. The molecule has 0 fully saturated rings. The number of hydrogen-bond donors (Lipinski definition) is 3. The van der Waals surface area contributed by atoms with Gasteiger partial charge in [-0.05, 0) is 12.5 Å². The van der Waals surface area contributed by atoms with Crippen LogP contribution in [0.15, 0.2) is 29.1 Å². The Morgan fingerprint density at radius 1 is 1.39 bits per heavy atom. The number of rotatable bonds is 3. The van der Waals surface area contributed by atoms with Gasteiger partial charge in [-0.3, -0.25) is 9.59 Å². The number of carbonyl (C=O) groups is 1. The molecule has 94 valence electrons. The number of nitrogens with two attached hydrogens (primary N) is 1. The van der Waals surface area contributed by atoms with Gasteiger partial charge in [0, 0.05) is 11.9 Å². The van der Waals surface area contributed by atoms with E-state index in [0.29, 0.717) is 17.4 Å². The molecule has 2 aromatic rings. The minimum atomic E-state index is -0.459. The highest BCUT2D eigenvalue weighted by atomic mass is 16.2. The highest BCUT2D eigenvalue weighted by Crippen LogP contribution is 2.19. The van der Waals surface area contributed by atoms with Crippen molar-refractivity contribution in [3.63, 3.8) is 0 Å². The SMILES string of the molecule is CCCNC(=O)c1c(N)c2ccccc2[nH]c1=O. The van der Waals surface area contributed by atoms with E-state index >= 15 is 0 Å². The van der Waals surface area contributed by atoms with E-state index < -0.39 is 11.5 Å². The molecule has 0 aliphatic heterocycles. The van der Waals surface area contributed by atoms with Crippen molar-refractivity contribution in [3.05, 3.63) is 40.2 Å². The lowest BCUT2D eigenvalue weighted by Crippen LogP contribution is -2.31. The molecule has 1 aromatic carbocycles. The Morgan fingerprint density at radius 3 is 2.83 bits per heavy atom. The van der Waals surface area contributed by atoms with Crippen LogP contribution in [0.1, 0.15) is 23.7 Å². The largest absolute Gasteiger partial charge is 0.397 e. The number of amides is 1. The van der Waals surface area contributed by atoms with Gasteiger partial charge in [0.1, 0.15) is 5.56 Å². The van der Waals surface area contributed by atoms with Gasteiger partial charge in [-0.15, -0.1) is 0 Å². The summed E-state index contributed by atoms with van der Waals surface area (Å²) in [6.07, 6.45) is 0.803. The molecule has 0 spiro atoms. The van der Waals surface area contributed by atoms with Crippen LogP contribution in [0, 0.1) is 0 Å². The number of carbonyl (C=O) groups excluding carboxylic acids is 1. The number of para-hydroxylation sites is 1. The molecule has 0 saturated heterocycles. The molecule has 5 nitrogen and oxygen atoms in total. The number of pyridine rings is 1. The molecule has 0 bridgehead atoms. The molecular formula is C13H15N3O2. The summed E-state index contributed by atoms with van der Waals surface area (Å²) in [5.74, 6) is -0.429. The van der Waals surface area contributed by atoms with Crippen LogP contribution in [0.4, 0.5) is 5.69 Å². The van der Waals surface area contributed by atoms with Gasteiger partial charge in [-0.1, -0.05) is 25.1 Å². The first-order valence-corrected chi connectivity index (χ1v) is 5.83. The highest BCUT2D eigenvalue weighted by Gasteiger charge is 2.16. The molecule has 0 unspecified atom stereocenters. The average Bonchev–Trinajstić information content (AvgIpc) is 2.36. The number of anilines is 1. The number of hydrogen-bond acceptors (Lipinski definition) is 3. The molecule has 2 rings (SSSR count). The number of H-pyrrole nitrogens is 1. The Kier molecular flexibility index (Phi) is 3.32. The van der Waals surface area contributed by atoms with Crippen molar-refractivity contribution in [3.8, 4) is 0 Å². The normalized spacial score (nSPS) is 10.5. The van der Waals surface area contributed by atoms with Gasteiger partial charge < -0.3 is 16.0 Å². The monoisotopic (exact) mass is 245 g/mol. The van der Waals surface area contributed by atoms with Crippen LogP contribution in [0.3, 0.4) is 0 Å². The minimum absolute atomic E-state index is 0.0119. The maximum Gasteiger partial charge on any atom is 0.263 e. The van der Waals surface area contributed by atoms with E-state index in [9.17, 15) is 9.59 Å². The second-order valence-electron chi connectivity index (χ2n) is 4.04. The fraction of sp³-hybridized carbons (Fsp3) is 0.231. The number of nitrogens with one attached hydrogen (secondary N) is 2.